The van der Waals surface area contributed by atoms with Gasteiger partial charge in [0.25, 0.3) is 0 Å². The first-order valence-electron chi connectivity index (χ1n) is 13.9. The van der Waals surface area contributed by atoms with E-state index < -0.39 is 0 Å². The Morgan fingerprint density at radius 2 is 1.17 bits per heavy atom. The summed E-state index contributed by atoms with van der Waals surface area (Å²) in [4.78, 5) is 7.69. The predicted molar refractivity (Wildman–Crippen MR) is 157 cm³/mol. The van der Waals surface area contributed by atoms with Gasteiger partial charge in [-0.2, -0.15) is 0 Å². The maximum Gasteiger partial charge on any atom is 0.231 e. The molecule has 0 spiro atoms. The van der Waals surface area contributed by atoms with E-state index in [2.05, 4.69) is 89.2 Å². The third kappa shape index (κ3) is 5.12. The molecule has 0 saturated carbocycles. The van der Waals surface area contributed by atoms with E-state index in [1.54, 1.807) is 0 Å². The van der Waals surface area contributed by atoms with Gasteiger partial charge >= 0.3 is 0 Å². The number of hydrogen-bond acceptors (Lipinski definition) is 6. The van der Waals surface area contributed by atoms with Gasteiger partial charge < -0.3 is 23.5 Å². The molecular formula is C34H31N3O4. The van der Waals surface area contributed by atoms with Crippen LogP contribution < -0.4 is 18.9 Å². The van der Waals surface area contributed by atoms with Crippen LogP contribution in [0.1, 0.15) is 23.7 Å². The van der Waals surface area contributed by atoms with Crippen molar-refractivity contribution in [1.82, 2.24) is 14.5 Å². The molecule has 2 aliphatic rings. The highest BCUT2D eigenvalue weighted by atomic mass is 16.7. The van der Waals surface area contributed by atoms with E-state index in [9.17, 15) is 0 Å². The second-order valence-electron chi connectivity index (χ2n) is 10.2. The Morgan fingerprint density at radius 3 is 1.73 bits per heavy atom. The standard InChI is InChI=1S/C34H31N3O4/c1-2-37-28(33(26-9-5-3-6-10-26)35-34(37)27-11-7-4-8-12-27)21-36(19-24-13-15-29-31(17-24)40-22-38-29)20-25-14-16-30-32(18-25)41-23-39-30/h3-18H,2,19-23H2,1H3. The van der Waals surface area contributed by atoms with E-state index in [-0.39, 0.29) is 13.6 Å². The van der Waals surface area contributed by atoms with Crippen molar-refractivity contribution in [3.05, 3.63) is 114 Å². The lowest BCUT2D eigenvalue weighted by atomic mass is 10.1. The summed E-state index contributed by atoms with van der Waals surface area (Å²) in [7, 11) is 0. The molecule has 4 aromatic carbocycles. The van der Waals surface area contributed by atoms with Crippen molar-refractivity contribution in [1.29, 1.82) is 0 Å². The summed E-state index contributed by atoms with van der Waals surface area (Å²) < 4.78 is 24.8. The average molecular weight is 546 g/mol. The molecule has 0 bridgehead atoms. The number of rotatable bonds is 9. The zero-order valence-corrected chi connectivity index (χ0v) is 23.0. The molecule has 1 aromatic heterocycles. The molecule has 0 atom stereocenters. The van der Waals surface area contributed by atoms with Crippen LogP contribution in [0.5, 0.6) is 23.0 Å². The highest BCUT2D eigenvalue weighted by Gasteiger charge is 2.23. The van der Waals surface area contributed by atoms with Gasteiger partial charge in [-0.05, 0) is 42.3 Å². The first kappa shape index (κ1) is 25.2. The van der Waals surface area contributed by atoms with Gasteiger partial charge in [0.1, 0.15) is 5.82 Å². The van der Waals surface area contributed by atoms with Crippen LogP contribution in [0.2, 0.25) is 0 Å². The molecule has 0 radical (unpaired) electrons. The second kappa shape index (κ2) is 11.0. The molecule has 7 rings (SSSR count). The van der Waals surface area contributed by atoms with Crippen LogP contribution in [0.25, 0.3) is 22.6 Å². The Bertz CT molecular complexity index is 1610. The molecule has 7 nitrogen and oxygen atoms in total. The van der Waals surface area contributed by atoms with E-state index in [4.69, 9.17) is 23.9 Å². The molecule has 206 valence electrons. The van der Waals surface area contributed by atoms with Crippen LogP contribution >= 0.6 is 0 Å². The number of imidazole rings is 1. The normalized spacial score (nSPS) is 13.2. The number of nitrogens with zero attached hydrogens (tertiary/aromatic N) is 3. The molecule has 41 heavy (non-hydrogen) atoms. The highest BCUT2D eigenvalue weighted by molar-refractivity contribution is 5.68. The molecule has 0 N–H and O–H groups in total. The maximum absolute atomic E-state index is 5.69. The number of aromatic nitrogens is 2. The van der Waals surface area contributed by atoms with Gasteiger partial charge in [-0.25, -0.2) is 4.98 Å². The Labute approximate surface area is 239 Å². The van der Waals surface area contributed by atoms with E-state index in [0.717, 1.165) is 76.4 Å². The third-order valence-electron chi connectivity index (χ3n) is 7.53. The van der Waals surface area contributed by atoms with Crippen molar-refractivity contribution in [2.45, 2.75) is 33.1 Å². The fourth-order valence-electron chi connectivity index (χ4n) is 5.60. The maximum atomic E-state index is 5.69. The molecule has 0 aliphatic carbocycles. The lowest BCUT2D eigenvalue weighted by molar-refractivity contribution is 0.173. The monoisotopic (exact) mass is 545 g/mol. The van der Waals surface area contributed by atoms with Crippen LogP contribution in [0.3, 0.4) is 0 Å². The quantitative estimate of drug-likeness (QED) is 0.201. The van der Waals surface area contributed by atoms with Gasteiger partial charge in [0.05, 0.1) is 11.4 Å². The first-order valence-corrected chi connectivity index (χ1v) is 13.9. The Hall–Kier alpha value is -4.75. The average Bonchev–Trinajstić information content (AvgIpc) is 3.76. The van der Waals surface area contributed by atoms with Crippen LogP contribution in [-0.2, 0) is 26.2 Å². The number of ether oxygens (including phenoxy) is 4. The molecule has 0 unspecified atom stereocenters. The van der Waals surface area contributed by atoms with Gasteiger partial charge in [0.15, 0.2) is 23.0 Å². The van der Waals surface area contributed by atoms with Crippen LogP contribution in [0.4, 0.5) is 0 Å². The molecular weight excluding hydrogens is 514 g/mol. The van der Waals surface area contributed by atoms with Crippen molar-refractivity contribution in [3.63, 3.8) is 0 Å². The summed E-state index contributed by atoms with van der Waals surface area (Å²) in [5.41, 5.74) is 6.71. The fourth-order valence-corrected chi connectivity index (χ4v) is 5.60. The summed E-state index contributed by atoms with van der Waals surface area (Å²) in [6, 6.07) is 33.3. The van der Waals surface area contributed by atoms with Crippen LogP contribution in [-0.4, -0.2) is 28.0 Å². The topological polar surface area (TPSA) is 58.0 Å². The lowest BCUT2D eigenvalue weighted by Gasteiger charge is -2.24. The van der Waals surface area contributed by atoms with Crippen molar-refractivity contribution in [3.8, 4) is 45.6 Å². The van der Waals surface area contributed by atoms with Crippen molar-refractivity contribution < 1.29 is 18.9 Å². The van der Waals surface area contributed by atoms with Gasteiger partial charge in [-0.1, -0.05) is 72.8 Å². The lowest BCUT2D eigenvalue weighted by Crippen LogP contribution is -2.24. The molecule has 0 amide bonds. The molecule has 3 heterocycles. The number of fused-ring (bicyclic) bond motifs is 2. The minimum Gasteiger partial charge on any atom is -0.454 e. The SMILES string of the molecule is CCn1c(-c2ccccc2)nc(-c2ccccc2)c1CN(Cc1ccc2c(c1)OCO2)Cc1ccc2c(c1)OCO2. The van der Waals surface area contributed by atoms with E-state index >= 15 is 0 Å². The van der Waals surface area contributed by atoms with E-state index in [0.29, 0.717) is 6.54 Å². The summed E-state index contributed by atoms with van der Waals surface area (Å²) >= 11 is 0. The van der Waals surface area contributed by atoms with Crippen molar-refractivity contribution >= 4 is 0 Å². The minimum absolute atomic E-state index is 0.262. The van der Waals surface area contributed by atoms with E-state index in [1.807, 2.05) is 24.3 Å². The predicted octanol–water partition coefficient (Wildman–Crippen LogP) is 6.90. The molecule has 0 fully saturated rings. The van der Waals surface area contributed by atoms with Gasteiger partial charge in [-0.15, -0.1) is 0 Å². The molecule has 5 aromatic rings. The van der Waals surface area contributed by atoms with Gasteiger partial charge in [0.2, 0.25) is 13.6 Å². The second-order valence-corrected chi connectivity index (χ2v) is 10.2. The Kier molecular flexibility index (Phi) is 6.78. The zero-order chi connectivity index (χ0) is 27.6. The highest BCUT2D eigenvalue weighted by Crippen LogP contribution is 2.36. The first-order chi connectivity index (χ1) is 20.2. The Morgan fingerprint density at radius 1 is 0.634 bits per heavy atom. The van der Waals surface area contributed by atoms with Crippen molar-refractivity contribution in [2.75, 3.05) is 13.6 Å². The third-order valence-corrected chi connectivity index (χ3v) is 7.53. The minimum atomic E-state index is 0.262. The fraction of sp³-hybridized carbons (Fsp3) is 0.206. The molecule has 0 saturated heterocycles. The van der Waals surface area contributed by atoms with Gasteiger partial charge in [-0.3, -0.25) is 4.90 Å². The number of benzene rings is 4. The molecule has 2 aliphatic heterocycles. The Balaban J connectivity index is 1.29. The smallest absolute Gasteiger partial charge is 0.231 e. The van der Waals surface area contributed by atoms with Crippen LogP contribution in [0.15, 0.2) is 97.1 Å². The van der Waals surface area contributed by atoms with Crippen LogP contribution in [0, 0.1) is 0 Å². The summed E-state index contributed by atoms with van der Waals surface area (Å²) in [5, 5.41) is 0. The van der Waals surface area contributed by atoms with E-state index in [1.165, 1.54) is 5.69 Å². The number of hydrogen-bond donors (Lipinski definition) is 0. The van der Waals surface area contributed by atoms with Crippen molar-refractivity contribution in [2.24, 2.45) is 0 Å². The zero-order valence-electron chi connectivity index (χ0n) is 23.0. The largest absolute Gasteiger partial charge is 0.454 e. The molecule has 7 heteroatoms. The summed E-state index contributed by atoms with van der Waals surface area (Å²) in [5.74, 6) is 4.15. The van der Waals surface area contributed by atoms with Gasteiger partial charge in [0, 0.05) is 37.3 Å². The summed E-state index contributed by atoms with van der Waals surface area (Å²) in [6.07, 6.45) is 0. The summed E-state index contributed by atoms with van der Waals surface area (Å²) in [6.45, 7) is 5.65.